The largest absolute Gasteiger partial charge is 0.300 e. The Morgan fingerprint density at radius 1 is 1.88 bits per heavy atom. The van der Waals surface area contributed by atoms with Gasteiger partial charge in [-0.1, -0.05) is 15.9 Å². The van der Waals surface area contributed by atoms with Crippen molar-refractivity contribution in [2.45, 2.75) is 0 Å². The van der Waals surface area contributed by atoms with Crippen molar-refractivity contribution >= 4 is 45.1 Å². The molecule has 0 saturated heterocycles. The van der Waals surface area contributed by atoms with E-state index in [1.54, 1.807) is 12.5 Å². The Balaban J connectivity index is 2.59. The molecule has 0 spiro atoms. The predicted molar refractivity (Wildman–Crippen MR) is 46.2 cm³/mol. The molecule has 0 atom stereocenters. The molecule has 44 valence electrons. The van der Waals surface area contributed by atoms with Gasteiger partial charge in [-0.2, -0.15) is 0 Å². The molecule has 0 amide bonds. The lowest BCUT2D eigenvalue weighted by molar-refractivity contribution is 0.815. The van der Waals surface area contributed by atoms with Crippen LogP contribution in [0.2, 0.25) is 0 Å². The van der Waals surface area contributed by atoms with Gasteiger partial charge in [-0.05, 0) is 0 Å². The molecule has 0 aliphatic carbocycles. The molecule has 0 aromatic rings. The number of nitrogens with zero attached hydrogens (tertiary/aromatic N) is 2. The maximum Gasteiger partial charge on any atom is 0.0995 e. The summed E-state index contributed by atoms with van der Waals surface area (Å²) in [7, 11) is 0. The third-order valence-corrected chi connectivity index (χ3v) is 1.75. The molecule has 0 saturated carbocycles. The van der Waals surface area contributed by atoms with Crippen molar-refractivity contribution in [2.75, 3.05) is 6.54 Å². The SMILES string of the molecule is BrC1=CN=CN(I)C1. The highest BCUT2D eigenvalue weighted by atomic mass is 127. The second kappa shape index (κ2) is 2.82. The smallest absolute Gasteiger partial charge is 0.0995 e. The van der Waals surface area contributed by atoms with E-state index in [0.717, 1.165) is 11.0 Å². The van der Waals surface area contributed by atoms with Crippen LogP contribution in [0.25, 0.3) is 0 Å². The van der Waals surface area contributed by atoms with Gasteiger partial charge in [-0.3, -0.25) is 0 Å². The summed E-state index contributed by atoms with van der Waals surface area (Å²) in [6.45, 7) is 0.921. The molecule has 4 heteroatoms. The van der Waals surface area contributed by atoms with Crippen LogP contribution in [0, 0.1) is 0 Å². The molecule has 0 aromatic heterocycles. The van der Waals surface area contributed by atoms with Gasteiger partial charge in [0.1, 0.15) is 0 Å². The maximum atomic E-state index is 3.92. The third-order valence-electron chi connectivity index (χ3n) is 0.709. The Bertz CT molecular complexity index is 143. The lowest BCUT2D eigenvalue weighted by Crippen LogP contribution is -2.12. The van der Waals surface area contributed by atoms with Crippen molar-refractivity contribution in [1.82, 2.24) is 3.11 Å². The van der Waals surface area contributed by atoms with Crippen LogP contribution >= 0.6 is 38.8 Å². The highest BCUT2D eigenvalue weighted by molar-refractivity contribution is 14.1. The van der Waals surface area contributed by atoms with Crippen LogP contribution in [0.15, 0.2) is 15.7 Å². The Kier molecular flexibility index (Phi) is 2.30. The standard InChI is InChI=1S/C4H4BrIN2/c5-4-1-7-3-8(6)2-4/h1,3H,2H2. The normalized spacial score (nSPS) is 18.8. The lowest BCUT2D eigenvalue weighted by Gasteiger charge is -2.11. The van der Waals surface area contributed by atoms with E-state index < -0.39 is 0 Å². The number of hydrogen-bond acceptors (Lipinski definition) is 2. The summed E-state index contributed by atoms with van der Waals surface area (Å²) < 4.78 is 3.09. The Labute approximate surface area is 70.3 Å². The van der Waals surface area contributed by atoms with Crippen LogP contribution in [-0.2, 0) is 0 Å². The van der Waals surface area contributed by atoms with Gasteiger partial charge in [0.15, 0.2) is 0 Å². The first kappa shape index (κ1) is 6.54. The second-order valence-electron chi connectivity index (χ2n) is 1.40. The molecule has 1 aliphatic heterocycles. The fourth-order valence-corrected chi connectivity index (χ4v) is 1.78. The second-order valence-corrected chi connectivity index (χ2v) is 3.66. The predicted octanol–water partition coefficient (Wildman–Crippen LogP) is 1.92. The van der Waals surface area contributed by atoms with E-state index in [2.05, 4.69) is 43.8 Å². The van der Waals surface area contributed by atoms with Crippen molar-refractivity contribution in [3.8, 4) is 0 Å². The van der Waals surface area contributed by atoms with E-state index >= 15 is 0 Å². The van der Waals surface area contributed by atoms with Crippen molar-refractivity contribution in [3.05, 3.63) is 10.7 Å². The fourth-order valence-electron chi connectivity index (χ4n) is 0.412. The van der Waals surface area contributed by atoms with Crippen molar-refractivity contribution in [3.63, 3.8) is 0 Å². The van der Waals surface area contributed by atoms with Crippen LogP contribution in [0.4, 0.5) is 0 Å². The molecule has 0 radical (unpaired) electrons. The zero-order chi connectivity index (χ0) is 5.98. The van der Waals surface area contributed by atoms with Gasteiger partial charge < -0.3 is 3.11 Å². The minimum absolute atomic E-state index is 0.921. The summed E-state index contributed by atoms with van der Waals surface area (Å²) in [6.07, 6.45) is 3.58. The molecule has 1 aliphatic rings. The third kappa shape index (κ3) is 1.74. The highest BCUT2D eigenvalue weighted by Crippen LogP contribution is 2.12. The molecule has 0 bridgehead atoms. The van der Waals surface area contributed by atoms with Crippen LogP contribution in [0.3, 0.4) is 0 Å². The molecule has 1 heterocycles. The average molecular weight is 287 g/mol. The van der Waals surface area contributed by atoms with Crippen molar-refractivity contribution in [1.29, 1.82) is 0 Å². The Morgan fingerprint density at radius 2 is 2.62 bits per heavy atom. The first-order valence-corrected chi connectivity index (χ1v) is 3.85. The van der Waals surface area contributed by atoms with Crippen LogP contribution < -0.4 is 0 Å². The minimum atomic E-state index is 0.921. The molecular formula is C4H4BrIN2. The topological polar surface area (TPSA) is 15.6 Å². The van der Waals surface area contributed by atoms with Crippen molar-refractivity contribution < 1.29 is 0 Å². The molecule has 0 aromatic carbocycles. The van der Waals surface area contributed by atoms with E-state index in [4.69, 9.17) is 0 Å². The molecular weight excluding hydrogens is 283 g/mol. The molecule has 2 nitrogen and oxygen atoms in total. The van der Waals surface area contributed by atoms with Gasteiger partial charge in [0.05, 0.1) is 35.7 Å². The number of halogens is 2. The fraction of sp³-hybridized carbons (Fsp3) is 0.250. The van der Waals surface area contributed by atoms with Crippen molar-refractivity contribution in [2.24, 2.45) is 4.99 Å². The quantitative estimate of drug-likeness (QED) is 0.491. The van der Waals surface area contributed by atoms with E-state index in [0.29, 0.717) is 0 Å². The van der Waals surface area contributed by atoms with Gasteiger partial charge >= 0.3 is 0 Å². The highest BCUT2D eigenvalue weighted by Gasteiger charge is 1.99. The van der Waals surface area contributed by atoms with Crippen LogP contribution in [0.1, 0.15) is 0 Å². The minimum Gasteiger partial charge on any atom is -0.300 e. The van der Waals surface area contributed by atoms with Gasteiger partial charge in [-0.25, -0.2) is 4.99 Å². The van der Waals surface area contributed by atoms with Gasteiger partial charge in [-0.15, -0.1) is 0 Å². The molecule has 1 rings (SSSR count). The van der Waals surface area contributed by atoms with E-state index in [-0.39, 0.29) is 0 Å². The number of aliphatic imine (C=N–C) groups is 1. The Morgan fingerprint density at radius 3 is 3.00 bits per heavy atom. The maximum absolute atomic E-state index is 3.92. The number of hydrogen-bond donors (Lipinski definition) is 0. The van der Waals surface area contributed by atoms with Gasteiger partial charge in [0, 0.05) is 10.7 Å². The Hall–Kier alpha value is 0.420. The summed E-state index contributed by atoms with van der Waals surface area (Å²) in [5.41, 5.74) is 0. The summed E-state index contributed by atoms with van der Waals surface area (Å²) >= 11 is 5.51. The van der Waals surface area contributed by atoms with E-state index in [9.17, 15) is 0 Å². The first-order valence-electron chi connectivity index (χ1n) is 2.09. The van der Waals surface area contributed by atoms with Crippen LogP contribution in [0.5, 0.6) is 0 Å². The molecule has 0 N–H and O–H groups in total. The monoisotopic (exact) mass is 286 g/mol. The zero-order valence-corrected chi connectivity index (χ0v) is 7.76. The molecule has 0 fully saturated rings. The lowest BCUT2D eigenvalue weighted by atomic mass is 10.6. The van der Waals surface area contributed by atoms with Gasteiger partial charge in [0.2, 0.25) is 0 Å². The van der Waals surface area contributed by atoms with E-state index in [1.165, 1.54) is 0 Å². The molecule has 0 unspecified atom stereocenters. The summed E-state index contributed by atoms with van der Waals surface area (Å²) in [6, 6.07) is 0. The van der Waals surface area contributed by atoms with Crippen LogP contribution in [-0.4, -0.2) is 16.0 Å². The zero-order valence-electron chi connectivity index (χ0n) is 4.01. The van der Waals surface area contributed by atoms with Gasteiger partial charge in [0.25, 0.3) is 0 Å². The summed E-state index contributed by atoms with van der Waals surface area (Å²) in [4.78, 5) is 3.92. The summed E-state index contributed by atoms with van der Waals surface area (Å²) in [5, 5.41) is 0. The molecule has 8 heavy (non-hydrogen) atoms. The summed E-state index contributed by atoms with van der Waals surface area (Å²) in [5.74, 6) is 0. The number of rotatable bonds is 0. The average Bonchev–Trinajstić information content (AvgIpc) is 1.64. The van der Waals surface area contributed by atoms with E-state index in [1.807, 2.05) is 3.11 Å². The first-order chi connectivity index (χ1) is 3.79.